The molecule has 0 saturated carbocycles. The van der Waals surface area contributed by atoms with E-state index in [4.69, 9.17) is 8.37 Å². The molecule has 4 aromatic rings. The second-order valence-corrected chi connectivity index (χ2v) is 11.7. The van der Waals surface area contributed by atoms with E-state index in [-0.39, 0.29) is 21.3 Å². The number of amides is 2. The van der Waals surface area contributed by atoms with Gasteiger partial charge in [-0.3, -0.25) is 0 Å². The zero-order chi connectivity index (χ0) is 28.8. The predicted molar refractivity (Wildman–Crippen MR) is 153 cm³/mol. The van der Waals surface area contributed by atoms with Gasteiger partial charge in [-0.05, 0) is 84.6 Å². The molecule has 208 valence electrons. The summed E-state index contributed by atoms with van der Waals surface area (Å²) in [6.45, 7) is 3.68. The van der Waals surface area contributed by atoms with Crippen LogP contribution in [-0.2, 0) is 33.1 Å². The highest BCUT2D eigenvalue weighted by Gasteiger charge is 2.20. The minimum absolute atomic E-state index is 0.0409. The molecule has 40 heavy (non-hydrogen) atoms. The first-order valence-electron chi connectivity index (χ1n) is 12.4. The Kier molecular flexibility index (Phi) is 8.76. The molecule has 0 aliphatic carbocycles. The lowest BCUT2D eigenvalue weighted by Gasteiger charge is -2.14. The lowest BCUT2D eigenvalue weighted by Crippen LogP contribution is -2.20. The highest BCUT2D eigenvalue weighted by Crippen LogP contribution is 2.29. The Morgan fingerprint density at radius 1 is 0.600 bits per heavy atom. The summed E-state index contributed by atoms with van der Waals surface area (Å²) in [5.74, 6) is 0.344. The van der Waals surface area contributed by atoms with E-state index in [0.29, 0.717) is 35.3 Å². The van der Waals surface area contributed by atoms with Gasteiger partial charge in [0.05, 0.1) is 0 Å². The molecule has 0 aromatic heterocycles. The molecule has 4 rings (SSSR count). The first-order valence-corrected chi connectivity index (χ1v) is 15.3. The Morgan fingerprint density at radius 3 is 1.32 bits per heavy atom. The third kappa shape index (κ3) is 6.99. The largest absolute Gasteiger partial charge is 0.379 e. The normalized spacial score (nSPS) is 11.4. The Bertz CT molecular complexity index is 1580. The molecule has 0 saturated heterocycles. The highest BCUT2D eigenvalue weighted by atomic mass is 32.2. The molecule has 11 heteroatoms. The topological polar surface area (TPSA) is 128 Å². The van der Waals surface area contributed by atoms with Crippen molar-refractivity contribution in [3.63, 3.8) is 0 Å². The van der Waals surface area contributed by atoms with Crippen molar-refractivity contribution in [2.45, 2.75) is 36.5 Å². The number of hydrogen-bond acceptors (Lipinski definition) is 7. The van der Waals surface area contributed by atoms with E-state index in [2.05, 4.69) is 10.6 Å². The van der Waals surface area contributed by atoms with Gasteiger partial charge in [-0.2, -0.15) is 16.8 Å². The van der Waals surface area contributed by atoms with E-state index in [1.807, 2.05) is 13.8 Å². The molecule has 0 bridgehead atoms. The number of nitrogens with one attached hydrogen (secondary N) is 2. The van der Waals surface area contributed by atoms with Gasteiger partial charge in [0.2, 0.25) is 0 Å². The van der Waals surface area contributed by atoms with Gasteiger partial charge in [-0.15, -0.1) is 0 Å². The summed E-state index contributed by atoms with van der Waals surface area (Å²) in [4.78, 5) is 12.8. The number of rotatable bonds is 10. The van der Waals surface area contributed by atoms with Gasteiger partial charge in [0.15, 0.2) is 0 Å². The van der Waals surface area contributed by atoms with E-state index < -0.39 is 26.3 Å². The molecule has 0 radical (unpaired) electrons. The number of carbonyl (C=O) groups is 1. The fraction of sp³-hybridized carbons (Fsp3) is 0.138. The number of benzene rings is 4. The molecule has 9 nitrogen and oxygen atoms in total. The minimum Gasteiger partial charge on any atom is -0.379 e. The van der Waals surface area contributed by atoms with Crippen molar-refractivity contribution in [1.29, 1.82) is 0 Å². The van der Waals surface area contributed by atoms with Crippen LogP contribution in [0, 0.1) is 0 Å². The summed E-state index contributed by atoms with van der Waals surface area (Å²) >= 11 is 0. The van der Waals surface area contributed by atoms with Gasteiger partial charge in [0, 0.05) is 11.4 Å². The quantitative estimate of drug-likeness (QED) is 0.221. The van der Waals surface area contributed by atoms with Crippen LogP contribution in [0.25, 0.3) is 0 Å². The predicted octanol–water partition coefficient (Wildman–Crippen LogP) is 5.99. The number of hydrogen-bond donors (Lipinski definition) is 2. The van der Waals surface area contributed by atoms with Crippen molar-refractivity contribution < 1.29 is 30.0 Å². The van der Waals surface area contributed by atoms with Crippen LogP contribution in [0.4, 0.5) is 16.2 Å². The second-order valence-electron chi connectivity index (χ2n) is 8.63. The van der Waals surface area contributed by atoms with Gasteiger partial charge < -0.3 is 19.0 Å². The summed E-state index contributed by atoms with van der Waals surface area (Å²) < 4.78 is 61.2. The molecule has 0 fully saturated rings. The number of anilines is 2. The van der Waals surface area contributed by atoms with Crippen molar-refractivity contribution in [3.05, 3.63) is 108 Å². The molecule has 2 N–H and O–H groups in total. The SMILES string of the molecule is CCc1cc(NC(=O)Nc2ccc(OS(=O)(=O)c3ccccc3)c(CC)c2)ccc1OS(=O)(=O)c1ccccc1. The summed E-state index contributed by atoms with van der Waals surface area (Å²) in [7, 11) is -8.02. The van der Waals surface area contributed by atoms with Gasteiger partial charge >= 0.3 is 26.3 Å². The lowest BCUT2D eigenvalue weighted by atomic mass is 10.1. The first-order chi connectivity index (χ1) is 19.1. The zero-order valence-corrected chi connectivity index (χ0v) is 23.5. The standard InChI is InChI=1S/C29H28N2O7S2/c1-3-21-19-23(15-17-27(21)37-39(33,34)25-11-7-5-8-12-25)30-29(32)31-24-16-18-28(22(4-2)20-24)38-40(35,36)26-13-9-6-10-14-26/h5-20H,3-4H2,1-2H3,(H2,30,31,32). The summed E-state index contributed by atoms with van der Waals surface area (Å²) in [6.07, 6.45) is 0.925. The molecule has 0 unspecified atom stereocenters. The number of aryl methyl sites for hydroxylation is 2. The smallest absolute Gasteiger partial charge is 0.339 e. The van der Waals surface area contributed by atoms with Gasteiger partial charge in [-0.1, -0.05) is 50.2 Å². The van der Waals surface area contributed by atoms with Gasteiger partial charge in [0.25, 0.3) is 0 Å². The van der Waals surface area contributed by atoms with Gasteiger partial charge in [-0.25, -0.2) is 4.79 Å². The fourth-order valence-corrected chi connectivity index (χ4v) is 5.80. The van der Waals surface area contributed by atoms with E-state index >= 15 is 0 Å². The molecular formula is C29H28N2O7S2. The Balaban J connectivity index is 1.44. The van der Waals surface area contributed by atoms with E-state index in [1.54, 1.807) is 48.5 Å². The molecule has 0 aliphatic heterocycles. The molecular weight excluding hydrogens is 552 g/mol. The van der Waals surface area contributed by atoms with E-state index in [1.165, 1.54) is 48.5 Å². The average Bonchev–Trinajstić information content (AvgIpc) is 2.95. The molecule has 2 amide bonds. The maximum atomic E-state index is 12.7. The lowest BCUT2D eigenvalue weighted by molar-refractivity contribution is 0.262. The molecule has 0 aliphatic rings. The Morgan fingerprint density at radius 2 is 0.975 bits per heavy atom. The van der Waals surface area contributed by atoms with Gasteiger partial charge in [0.1, 0.15) is 21.3 Å². The van der Waals surface area contributed by atoms with Crippen molar-refractivity contribution in [3.8, 4) is 11.5 Å². The van der Waals surface area contributed by atoms with Crippen molar-refractivity contribution in [2.75, 3.05) is 10.6 Å². The maximum Gasteiger partial charge on any atom is 0.339 e. The van der Waals surface area contributed by atoms with Crippen molar-refractivity contribution in [2.24, 2.45) is 0 Å². The molecule has 4 aromatic carbocycles. The van der Waals surface area contributed by atoms with Crippen LogP contribution >= 0.6 is 0 Å². The van der Waals surface area contributed by atoms with Crippen LogP contribution in [0.2, 0.25) is 0 Å². The molecule has 0 spiro atoms. The zero-order valence-electron chi connectivity index (χ0n) is 21.8. The summed E-state index contributed by atoms with van der Waals surface area (Å²) in [5.41, 5.74) is 2.05. The van der Waals surface area contributed by atoms with Crippen LogP contribution in [0.1, 0.15) is 25.0 Å². The van der Waals surface area contributed by atoms with Crippen LogP contribution in [0.15, 0.2) is 107 Å². The fourth-order valence-electron chi connectivity index (χ4n) is 3.83. The number of carbonyl (C=O) groups excluding carboxylic acids is 1. The van der Waals surface area contributed by atoms with Crippen LogP contribution in [-0.4, -0.2) is 22.9 Å². The van der Waals surface area contributed by atoms with Crippen LogP contribution < -0.4 is 19.0 Å². The number of urea groups is 1. The van der Waals surface area contributed by atoms with Crippen molar-refractivity contribution in [1.82, 2.24) is 0 Å². The van der Waals surface area contributed by atoms with Crippen molar-refractivity contribution >= 4 is 37.6 Å². The Labute approximate surface area is 234 Å². The molecule has 0 atom stereocenters. The van der Waals surface area contributed by atoms with Crippen LogP contribution in [0.5, 0.6) is 11.5 Å². The Hall–Kier alpha value is -4.35. The van der Waals surface area contributed by atoms with Crippen LogP contribution in [0.3, 0.4) is 0 Å². The third-order valence-electron chi connectivity index (χ3n) is 5.86. The molecule has 0 heterocycles. The first kappa shape index (κ1) is 28.7. The third-order valence-corrected chi connectivity index (χ3v) is 8.36. The highest BCUT2D eigenvalue weighted by molar-refractivity contribution is 7.87. The monoisotopic (exact) mass is 580 g/mol. The summed E-state index contributed by atoms with van der Waals surface area (Å²) in [5, 5.41) is 5.43. The maximum absolute atomic E-state index is 12.7. The van der Waals surface area contributed by atoms with E-state index in [0.717, 1.165) is 0 Å². The average molecular weight is 581 g/mol. The second kappa shape index (κ2) is 12.2. The minimum atomic E-state index is -4.01. The summed E-state index contributed by atoms with van der Waals surface area (Å²) in [6, 6.07) is 24.5. The van der Waals surface area contributed by atoms with E-state index in [9.17, 15) is 21.6 Å².